The molecule has 1 aliphatic rings. The second-order valence-electron chi connectivity index (χ2n) is 6.29. The molecule has 2 aromatic carbocycles. The van der Waals surface area contributed by atoms with Crippen molar-refractivity contribution < 1.29 is 9.13 Å². The Labute approximate surface area is 149 Å². The Hall–Kier alpha value is -2.27. The van der Waals surface area contributed by atoms with Crippen LogP contribution < -0.4 is 15.0 Å². The van der Waals surface area contributed by atoms with Crippen molar-refractivity contribution >= 4 is 11.4 Å². The van der Waals surface area contributed by atoms with Crippen LogP contribution in [0, 0.1) is 5.82 Å². The maximum Gasteiger partial charge on any atom is 0.142 e. The van der Waals surface area contributed by atoms with Crippen LogP contribution in [0.5, 0.6) is 5.75 Å². The topological polar surface area (TPSA) is 27.7 Å². The van der Waals surface area contributed by atoms with E-state index in [4.69, 9.17) is 4.74 Å². The molecule has 3 rings (SSSR count). The molecular weight excluding hydrogens is 317 g/mol. The Morgan fingerprint density at radius 3 is 2.60 bits per heavy atom. The van der Waals surface area contributed by atoms with Crippen LogP contribution >= 0.6 is 0 Å². The quantitative estimate of drug-likeness (QED) is 0.779. The number of ether oxygens (including phenoxy) is 1. The average Bonchev–Trinajstić information content (AvgIpc) is 2.66. The number of rotatable bonds is 7. The van der Waals surface area contributed by atoms with E-state index in [1.54, 1.807) is 13.2 Å². The first kappa shape index (κ1) is 17.5. The molecule has 4 nitrogen and oxygen atoms in total. The maximum absolute atomic E-state index is 13.1. The van der Waals surface area contributed by atoms with Gasteiger partial charge in [0.1, 0.15) is 11.6 Å². The minimum atomic E-state index is -0.197. The highest BCUT2D eigenvalue weighted by Crippen LogP contribution is 2.28. The number of methoxy groups -OCH3 is 1. The molecule has 0 saturated carbocycles. The molecule has 134 valence electrons. The lowest BCUT2D eigenvalue weighted by Gasteiger charge is -2.36. The average molecular weight is 343 g/mol. The summed E-state index contributed by atoms with van der Waals surface area (Å²) in [6, 6.07) is 14.8. The molecule has 1 N–H and O–H groups in total. The third kappa shape index (κ3) is 4.86. The van der Waals surface area contributed by atoms with Crippen LogP contribution in [-0.4, -0.2) is 51.3 Å². The van der Waals surface area contributed by atoms with Crippen LogP contribution in [0.1, 0.15) is 6.42 Å². The maximum atomic E-state index is 13.1. The molecule has 0 spiro atoms. The van der Waals surface area contributed by atoms with E-state index in [-0.39, 0.29) is 5.82 Å². The Bertz CT molecular complexity index is 671. The number of piperazine rings is 1. The zero-order valence-corrected chi connectivity index (χ0v) is 14.7. The fourth-order valence-corrected chi connectivity index (χ4v) is 3.24. The summed E-state index contributed by atoms with van der Waals surface area (Å²) < 4.78 is 18.6. The Balaban J connectivity index is 1.39. The van der Waals surface area contributed by atoms with Crippen molar-refractivity contribution in [1.29, 1.82) is 0 Å². The largest absolute Gasteiger partial charge is 0.495 e. The molecular formula is C20H26FN3O. The van der Waals surface area contributed by atoms with Crippen molar-refractivity contribution in [2.24, 2.45) is 0 Å². The molecule has 5 heteroatoms. The third-order valence-corrected chi connectivity index (χ3v) is 4.60. The highest BCUT2D eigenvalue weighted by molar-refractivity contribution is 5.58. The monoisotopic (exact) mass is 343 g/mol. The molecule has 0 aliphatic carbocycles. The SMILES string of the molecule is COc1ccccc1N1CCN(CCCNc2cccc(F)c2)CC1. The number of halogens is 1. The lowest BCUT2D eigenvalue weighted by Crippen LogP contribution is -2.46. The van der Waals surface area contributed by atoms with Crippen molar-refractivity contribution in [3.05, 3.63) is 54.3 Å². The summed E-state index contributed by atoms with van der Waals surface area (Å²) in [5.74, 6) is 0.743. The summed E-state index contributed by atoms with van der Waals surface area (Å²) in [7, 11) is 1.72. The number of anilines is 2. The van der Waals surface area contributed by atoms with Crippen LogP contribution in [0.4, 0.5) is 15.8 Å². The third-order valence-electron chi connectivity index (χ3n) is 4.60. The molecule has 1 fully saturated rings. The van der Waals surface area contributed by atoms with E-state index in [0.29, 0.717) is 0 Å². The summed E-state index contributed by atoms with van der Waals surface area (Å²) >= 11 is 0. The summed E-state index contributed by atoms with van der Waals surface area (Å²) in [6.07, 6.45) is 1.05. The number of nitrogens with one attached hydrogen (secondary N) is 1. The molecule has 0 unspecified atom stereocenters. The summed E-state index contributed by atoms with van der Waals surface area (Å²) in [6.45, 7) is 6.05. The standard InChI is InChI=1S/C20H26FN3O/c1-25-20-9-3-2-8-19(20)24-14-12-23(13-15-24)11-5-10-22-18-7-4-6-17(21)16-18/h2-4,6-9,16,22H,5,10-15H2,1H3. The normalized spacial score (nSPS) is 15.2. The van der Waals surface area contributed by atoms with Gasteiger partial charge in [0.25, 0.3) is 0 Å². The van der Waals surface area contributed by atoms with Gasteiger partial charge in [-0.3, -0.25) is 4.90 Å². The molecule has 1 heterocycles. The van der Waals surface area contributed by atoms with Crippen molar-refractivity contribution in [3.8, 4) is 5.75 Å². The van der Waals surface area contributed by atoms with Gasteiger partial charge in [-0.05, 0) is 43.3 Å². The molecule has 1 aliphatic heterocycles. The van der Waals surface area contributed by atoms with E-state index in [0.717, 1.165) is 57.1 Å². The molecule has 0 amide bonds. The number of hydrogen-bond acceptors (Lipinski definition) is 4. The predicted octanol–water partition coefficient (Wildman–Crippen LogP) is 3.46. The van der Waals surface area contributed by atoms with Crippen molar-refractivity contribution in [2.45, 2.75) is 6.42 Å². The smallest absolute Gasteiger partial charge is 0.142 e. The summed E-state index contributed by atoms with van der Waals surface area (Å²) in [4.78, 5) is 4.87. The highest BCUT2D eigenvalue weighted by atomic mass is 19.1. The molecule has 0 radical (unpaired) electrons. The number of nitrogens with zero attached hydrogens (tertiary/aromatic N) is 2. The van der Waals surface area contributed by atoms with Gasteiger partial charge in [-0.15, -0.1) is 0 Å². The van der Waals surface area contributed by atoms with Gasteiger partial charge < -0.3 is 15.0 Å². The van der Waals surface area contributed by atoms with E-state index < -0.39 is 0 Å². The lowest BCUT2D eigenvalue weighted by molar-refractivity contribution is 0.256. The number of para-hydroxylation sites is 2. The lowest BCUT2D eigenvalue weighted by atomic mass is 10.2. The van der Waals surface area contributed by atoms with E-state index in [1.807, 2.05) is 18.2 Å². The van der Waals surface area contributed by atoms with Gasteiger partial charge in [0.05, 0.1) is 12.8 Å². The Morgan fingerprint density at radius 2 is 1.84 bits per heavy atom. The Morgan fingerprint density at radius 1 is 1.04 bits per heavy atom. The Kier molecular flexibility index (Phi) is 6.12. The van der Waals surface area contributed by atoms with Gasteiger partial charge >= 0.3 is 0 Å². The van der Waals surface area contributed by atoms with Crippen LogP contribution in [0.2, 0.25) is 0 Å². The molecule has 25 heavy (non-hydrogen) atoms. The first-order valence-corrected chi connectivity index (χ1v) is 8.86. The summed E-state index contributed by atoms with van der Waals surface area (Å²) in [5, 5.41) is 3.28. The van der Waals surface area contributed by atoms with E-state index in [9.17, 15) is 4.39 Å². The second-order valence-corrected chi connectivity index (χ2v) is 6.29. The first-order valence-electron chi connectivity index (χ1n) is 8.86. The molecule has 0 bridgehead atoms. The van der Waals surface area contributed by atoms with Crippen molar-refractivity contribution in [2.75, 3.05) is 56.6 Å². The highest BCUT2D eigenvalue weighted by Gasteiger charge is 2.18. The second kappa shape index (κ2) is 8.72. The molecule has 2 aromatic rings. The zero-order valence-electron chi connectivity index (χ0n) is 14.7. The minimum Gasteiger partial charge on any atom is -0.495 e. The van der Waals surface area contributed by atoms with Crippen LogP contribution in [0.25, 0.3) is 0 Å². The van der Waals surface area contributed by atoms with Gasteiger partial charge in [0.15, 0.2) is 0 Å². The molecule has 1 saturated heterocycles. The van der Waals surface area contributed by atoms with E-state index in [1.165, 1.54) is 17.8 Å². The number of hydrogen-bond donors (Lipinski definition) is 1. The van der Waals surface area contributed by atoms with E-state index in [2.05, 4.69) is 27.2 Å². The zero-order chi connectivity index (χ0) is 17.5. The molecule has 0 atom stereocenters. The van der Waals surface area contributed by atoms with Gasteiger partial charge in [0.2, 0.25) is 0 Å². The summed E-state index contributed by atoms with van der Waals surface area (Å²) in [5.41, 5.74) is 2.03. The van der Waals surface area contributed by atoms with Gasteiger partial charge in [-0.25, -0.2) is 4.39 Å². The molecule has 0 aromatic heterocycles. The van der Waals surface area contributed by atoms with Crippen molar-refractivity contribution in [3.63, 3.8) is 0 Å². The van der Waals surface area contributed by atoms with E-state index >= 15 is 0 Å². The van der Waals surface area contributed by atoms with Gasteiger partial charge in [-0.2, -0.15) is 0 Å². The minimum absolute atomic E-state index is 0.197. The fraction of sp³-hybridized carbons (Fsp3) is 0.400. The van der Waals surface area contributed by atoms with Crippen LogP contribution in [0.3, 0.4) is 0 Å². The van der Waals surface area contributed by atoms with Crippen LogP contribution in [-0.2, 0) is 0 Å². The number of benzene rings is 2. The fourth-order valence-electron chi connectivity index (χ4n) is 3.24. The predicted molar refractivity (Wildman–Crippen MR) is 101 cm³/mol. The first-order chi connectivity index (χ1) is 12.3. The van der Waals surface area contributed by atoms with Crippen molar-refractivity contribution in [1.82, 2.24) is 4.90 Å². The van der Waals surface area contributed by atoms with Gasteiger partial charge in [0, 0.05) is 38.4 Å². The van der Waals surface area contributed by atoms with Crippen LogP contribution in [0.15, 0.2) is 48.5 Å². The van der Waals surface area contributed by atoms with Gasteiger partial charge in [-0.1, -0.05) is 18.2 Å².